The summed E-state index contributed by atoms with van der Waals surface area (Å²) in [6, 6.07) is 0.0177. The van der Waals surface area contributed by atoms with Crippen LogP contribution in [0.15, 0.2) is 0 Å². The number of carbonyl (C=O) groups is 1. The third-order valence-electron chi connectivity index (χ3n) is 5.00. The van der Waals surface area contributed by atoms with Gasteiger partial charge in [0.1, 0.15) is 0 Å². The molecule has 2 rings (SSSR count). The van der Waals surface area contributed by atoms with Gasteiger partial charge in [0.15, 0.2) is 0 Å². The van der Waals surface area contributed by atoms with Crippen LogP contribution in [0.5, 0.6) is 0 Å². The summed E-state index contributed by atoms with van der Waals surface area (Å²) in [5.74, 6) is 2.66. The van der Waals surface area contributed by atoms with Gasteiger partial charge in [-0.15, -0.1) is 0 Å². The van der Waals surface area contributed by atoms with Crippen molar-refractivity contribution >= 4 is 5.91 Å². The van der Waals surface area contributed by atoms with Crippen LogP contribution in [-0.2, 0) is 4.79 Å². The minimum Gasteiger partial charge on any atom is -0.325 e. The lowest BCUT2D eigenvalue weighted by Gasteiger charge is -2.31. The molecular weight excluding hydrogens is 236 g/mol. The predicted molar refractivity (Wildman–Crippen MR) is 78.6 cm³/mol. The summed E-state index contributed by atoms with van der Waals surface area (Å²) in [5.41, 5.74) is 0. The molecule has 0 spiro atoms. The Kier molecular flexibility index (Phi) is 4.54. The lowest BCUT2D eigenvalue weighted by atomic mass is 9.96. The average molecular weight is 266 g/mol. The van der Waals surface area contributed by atoms with Crippen molar-refractivity contribution in [3.8, 4) is 0 Å². The molecule has 1 amide bonds. The number of carbonyl (C=O) groups excluding carboxylic acids is 1. The first kappa shape index (κ1) is 14.8. The van der Waals surface area contributed by atoms with Crippen molar-refractivity contribution in [2.45, 2.75) is 66.1 Å². The molecular formula is C16H30N2O. The van der Waals surface area contributed by atoms with Crippen molar-refractivity contribution < 1.29 is 4.79 Å². The van der Waals surface area contributed by atoms with Crippen molar-refractivity contribution in [2.75, 3.05) is 6.54 Å². The van der Waals surface area contributed by atoms with Crippen molar-refractivity contribution in [1.82, 2.24) is 10.2 Å². The van der Waals surface area contributed by atoms with Crippen LogP contribution >= 0.6 is 0 Å². The van der Waals surface area contributed by atoms with E-state index in [1.54, 1.807) is 0 Å². The third-order valence-corrected chi connectivity index (χ3v) is 5.00. The molecule has 3 nitrogen and oxygen atoms in total. The monoisotopic (exact) mass is 266 g/mol. The third kappa shape index (κ3) is 2.96. The van der Waals surface area contributed by atoms with E-state index in [1.807, 2.05) is 0 Å². The molecule has 4 atom stereocenters. The number of nitrogens with one attached hydrogen (secondary N) is 1. The number of nitrogens with zero attached hydrogens (tertiary/aromatic N) is 1. The Bertz CT molecular complexity index is 327. The highest BCUT2D eigenvalue weighted by Crippen LogP contribution is 2.33. The van der Waals surface area contributed by atoms with Crippen LogP contribution in [-0.4, -0.2) is 29.6 Å². The molecule has 4 unspecified atom stereocenters. The highest BCUT2D eigenvalue weighted by molar-refractivity contribution is 5.84. The van der Waals surface area contributed by atoms with Crippen LogP contribution in [0, 0.1) is 23.7 Å². The summed E-state index contributed by atoms with van der Waals surface area (Å²) in [7, 11) is 0. The maximum absolute atomic E-state index is 12.6. The molecule has 2 fully saturated rings. The largest absolute Gasteiger partial charge is 0.325 e. The molecule has 0 aromatic carbocycles. The van der Waals surface area contributed by atoms with Crippen LogP contribution in [0.4, 0.5) is 0 Å². The first-order valence-corrected chi connectivity index (χ1v) is 7.98. The fraction of sp³-hybridized carbons (Fsp3) is 0.938. The molecule has 110 valence electrons. The van der Waals surface area contributed by atoms with Gasteiger partial charge in [-0.05, 0) is 30.1 Å². The zero-order valence-corrected chi connectivity index (χ0v) is 13.1. The summed E-state index contributed by atoms with van der Waals surface area (Å²) < 4.78 is 0. The van der Waals surface area contributed by atoms with Crippen LogP contribution in [0.1, 0.15) is 53.9 Å². The second-order valence-corrected chi connectivity index (χ2v) is 7.24. The van der Waals surface area contributed by atoms with E-state index in [0.29, 0.717) is 23.7 Å². The van der Waals surface area contributed by atoms with Gasteiger partial charge in [0.05, 0.1) is 12.2 Å². The average Bonchev–Trinajstić information content (AvgIpc) is 2.86. The molecule has 1 N–H and O–H groups in total. The lowest BCUT2D eigenvalue weighted by molar-refractivity contribution is -0.132. The maximum Gasteiger partial charge on any atom is 0.241 e. The molecule has 1 saturated carbocycles. The standard InChI is InChI=1S/C16H30N2O/c1-10(2)14-16(19)18(15(17-14)11(3)4)9-13-8-6-7-12(13)5/h10-15,17H,6-9H2,1-5H3. The van der Waals surface area contributed by atoms with Crippen molar-refractivity contribution in [3.05, 3.63) is 0 Å². The van der Waals surface area contributed by atoms with Crippen LogP contribution in [0.25, 0.3) is 0 Å². The van der Waals surface area contributed by atoms with Crippen molar-refractivity contribution in [3.63, 3.8) is 0 Å². The molecule has 0 aromatic heterocycles. The first-order valence-electron chi connectivity index (χ1n) is 7.98. The van der Waals surface area contributed by atoms with Gasteiger partial charge in [0.25, 0.3) is 0 Å². The Balaban J connectivity index is 2.08. The van der Waals surface area contributed by atoms with E-state index in [4.69, 9.17) is 0 Å². The smallest absolute Gasteiger partial charge is 0.241 e. The quantitative estimate of drug-likeness (QED) is 0.848. The lowest BCUT2D eigenvalue weighted by Crippen LogP contribution is -2.44. The Labute approximate surface area is 118 Å². The number of hydrogen-bond acceptors (Lipinski definition) is 2. The second-order valence-electron chi connectivity index (χ2n) is 7.24. The Morgan fingerprint density at radius 2 is 1.89 bits per heavy atom. The summed E-state index contributed by atoms with van der Waals surface area (Å²) >= 11 is 0. The summed E-state index contributed by atoms with van der Waals surface area (Å²) in [4.78, 5) is 14.8. The van der Waals surface area contributed by atoms with Crippen LogP contribution in [0.3, 0.4) is 0 Å². The number of amides is 1. The van der Waals surface area contributed by atoms with E-state index in [9.17, 15) is 4.79 Å². The zero-order valence-electron chi connectivity index (χ0n) is 13.1. The summed E-state index contributed by atoms with van der Waals surface area (Å²) in [5, 5.41) is 3.55. The Morgan fingerprint density at radius 3 is 2.37 bits per heavy atom. The van der Waals surface area contributed by atoms with Crippen LogP contribution < -0.4 is 5.32 Å². The van der Waals surface area contributed by atoms with E-state index < -0.39 is 0 Å². The minimum atomic E-state index is 0.0177. The number of rotatable bonds is 4. The van der Waals surface area contributed by atoms with Crippen molar-refractivity contribution in [1.29, 1.82) is 0 Å². The Hall–Kier alpha value is -0.570. The van der Waals surface area contributed by atoms with Gasteiger partial charge >= 0.3 is 0 Å². The molecule has 2 aliphatic rings. The highest BCUT2D eigenvalue weighted by atomic mass is 16.2. The van der Waals surface area contributed by atoms with Crippen molar-refractivity contribution in [2.24, 2.45) is 23.7 Å². The Morgan fingerprint density at radius 1 is 1.21 bits per heavy atom. The van der Waals surface area contributed by atoms with Gasteiger partial charge in [-0.1, -0.05) is 47.5 Å². The fourth-order valence-corrected chi connectivity index (χ4v) is 3.64. The molecule has 1 heterocycles. The molecule has 1 saturated heterocycles. The van der Waals surface area contributed by atoms with E-state index in [-0.39, 0.29) is 12.2 Å². The highest BCUT2D eigenvalue weighted by Gasteiger charge is 2.42. The first-order chi connectivity index (χ1) is 8.91. The molecule has 1 aliphatic carbocycles. The van der Waals surface area contributed by atoms with Gasteiger partial charge in [0, 0.05) is 6.54 Å². The molecule has 0 aromatic rings. The topological polar surface area (TPSA) is 32.3 Å². The molecule has 0 radical (unpaired) electrons. The normalized spacial score (nSPS) is 35.9. The summed E-state index contributed by atoms with van der Waals surface area (Å²) in [6.07, 6.45) is 4.19. The van der Waals surface area contributed by atoms with Gasteiger partial charge in [-0.3, -0.25) is 10.1 Å². The zero-order chi connectivity index (χ0) is 14.2. The van der Waals surface area contributed by atoms with Gasteiger partial charge in [0.2, 0.25) is 5.91 Å². The molecule has 3 heteroatoms. The van der Waals surface area contributed by atoms with E-state index in [1.165, 1.54) is 19.3 Å². The molecule has 1 aliphatic heterocycles. The van der Waals surface area contributed by atoms with Gasteiger partial charge in [-0.2, -0.15) is 0 Å². The van der Waals surface area contributed by atoms with E-state index >= 15 is 0 Å². The van der Waals surface area contributed by atoms with Crippen LogP contribution in [0.2, 0.25) is 0 Å². The van der Waals surface area contributed by atoms with E-state index in [2.05, 4.69) is 44.8 Å². The predicted octanol–water partition coefficient (Wildman–Crippen LogP) is 2.86. The number of hydrogen-bond donors (Lipinski definition) is 1. The SMILES string of the molecule is CC(C)C1NC(C(C)C)N(CC2CCCC2C)C1=O. The summed E-state index contributed by atoms with van der Waals surface area (Å²) in [6.45, 7) is 12.0. The van der Waals surface area contributed by atoms with E-state index in [0.717, 1.165) is 12.5 Å². The maximum atomic E-state index is 12.6. The molecule has 19 heavy (non-hydrogen) atoms. The van der Waals surface area contributed by atoms with Gasteiger partial charge in [-0.25, -0.2) is 0 Å². The van der Waals surface area contributed by atoms with Gasteiger partial charge < -0.3 is 4.90 Å². The second kappa shape index (κ2) is 5.82. The fourth-order valence-electron chi connectivity index (χ4n) is 3.64. The minimum absolute atomic E-state index is 0.0177. The molecule has 0 bridgehead atoms.